The minimum Gasteiger partial charge on any atom is -0.436 e. The number of ether oxygens (including phenoxy) is 3. The predicted molar refractivity (Wildman–Crippen MR) is 263 cm³/mol. The van der Waals surface area contributed by atoms with Crippen LogP contribution < -0.4 is 42.5 Å². The number of carbonyl (C=O) groups is 8. The molecule has 2 aromatic carbocycles. The molecule has 8 amide bonds. The van der Waals surface area contributed by atoms with E-state index in [0.29, 0.717) is 44.2 Å². The highest BCUT2D eigenvalue weighted by atomic mass is 16.6. The molecule has 0 fully saturated rings. The number of allylic oxidation sites excluding steroid dienone is 1. The Hall–Kier alpha value is -7.98. The molecule has 374 valence electrons. The van der Waals surface area contributed by atoms with Gasteiger partial charge in [-0.25, -0.2) is 14.4 Å². The lowest BCUT2D eigenvalue weighted by Gasteiger charge is -2.29. The van der Waals surface area contributed by atoms with E-state index in [0.717, 1.165) is 22.3 Å². The van der Waals surface area contributed by atoms with Gasteiger partial charge in [-0.2, -0.15) is 0 Å². The molecular formula is C51H64N8O11. The van der Waals surface area contributed by atoms with Crippen LogP contribution in [0.4, 0.5) is 20.1 Å². The summed E-state index contributed by atoms with van der Waals surface area (Å²) in [6.07, 6.45) is 17.8. The number of fused-ring (bicyclic) bond motifs is 2. The van der Waals surface area contributed by atoms with Crippen LogP contribution in [0.2, 0.25) is 0 Å². The Morgan fingerprint density at radius 3 is 1.61 bits per heavy atom. The molecule has 3 atom stereocenters. The van der Waals surface area contributed by atoms with Crippen molar-refractivity contribution in [3.05, 3.63) is 65.2 Å². The van der Waals surface area contributed by atoms with E-state index in [1.165, 1.54) is 0 Å². The quantitative estimate of drug-likeness (QED) is 0.0367. The number of nitrogens with two attached hydrogens (primary N) is 1. The number of amides is 8. The fraction of sp³-hybridized carbons (Fsp3) is 0.451. The van der Waals surface area contributed by atoms with Crippen LogP contribution in [-0.2, 0) is 44.7 Å². The Bertz CT molecular complexity index is 2280. The van der Waals surface area contributed by atoms with Crippen molar-refractivity contribution in [2.45, 2.75) is 109 Å². The molecule has 0 aromatic heterocycles. The van der Waals surface area contributed by atoms with Gasteiger partial charge < -0.3 is 56.7 Å². The van der Waals surface area contributed by atoms with E-state index in [-0.39, 0.29) is 90.4 Å². The van der Waals surface area contributed by atoms with Crippen LogP contribution in [-0.4, -0.2) is 105 Å². The molecule has 1 heterocycles. The monoisotopic (exact) mass is 964 g/mol. The zero-order chi connectivity index (χ0) is 51.1. The van der Waals surface area contributed by atoms with Crippen LogP contribution >= 0.6 is 0 Å². The number of carbonyl (C=O) groups excluding carboxylic acids is 8. The number of alkyl carbamates (subject to hydrolysis) is 3. The minimum absolute atomic E-state index is 0.0298. The van der Waals surface area contributed by atoms with Gasteiger partial charge in [0.15, 0.2) is 19.8 Å². The summed E-state index contributed by atoms with van der Waals surface area (Å²) >= 11 is 0. The third-order valence-electron chi connectivity index (χ3n) is 10.9. The van der Waals surface area contributed by atoms with E-state index in [2.05, 4.69) is 55.7 Å². The lowest BCUT2D eigenvalue weighted by Crippen LogP contribution is -2.56. The summed E-state index contributed by atoms with van der Waals surface area (Å²) in [6.45, 7) is 2.17. The maximum absolute atomic E-state index is 14.2. The number of rotatable bonds is 28. The maximum atomic E-state index is 14.2. The standard InChI is InChI=1S/C51H64N8O11/c1-5-31-68-49(65)53-28-16-13-22-40(46(52)62)57-48(64)42(24-15-18-30-55-51(67)70-33-7-3)58-47(63)41(23-14-17-29-54-50(66)69-32-6-2)56-44(60)26-27-45(61)59-35-38-20-10-9-19-37(38)34-36(8-4)39-21-11-12-25-43(39)59/h1-3,9-12,19-21,25,34,40-42H,8,13-18,22-24,26-33,35H2,4H3,(H2,52,62)(H,53,65)(H,54,66)(H,55,67)(H,56,60)(H,57,64)(H,58,63)/b36-34-/t40-,41-,42-/m0/s1. The van der Waals surface area contributed by atoms with Gasteiger partial charge in [-0.05, 0) is 87.0 Å². The van der Waals surface area contributed by atoms with Gasteiger partial charge in [0, 0.05) is 38.0 Å². The van der Waals surface area contributed by atoms with Gasteiger partial charge in [0.05, 0.1) is 12.2 Å². The fourth-order valence-electron chi connectivity index (χ4n) is 7.29. The van der Waals surface area contributed by atoms with Crippen molar-refractivity contribution in [2.75, 3.05) is 44.4 Å². The van der Waals surface area contributed by atoms with Crippen molar-refractivity contribution in [1.29, 1.82) is 0 Å². The number of para-hydroxylation sites is 1. The molecule has 1 aliphatic rings. The number of nitrogens with zero attached hydrogens (tertiary/aromatic N) is 1. The highest BCUT2D eigenvalue weighted by Gasteiger charge is 2.30. The van der Waals surface area contributed by atoms with Gasteiger partial charge in [-0.3, -0.25) is 24.0 Å². The number of terminal acetylenes is 3. The summed E-state index contributed by atoms with van der Waals surface area (Å²) in [4.78, 5) is 106. The van der Waals surface area contributed by atoms with Crippen LogP contribution in [0.25, 0.3) is 11.6 Å². The molecule has 0 spiro atoms. The smallest absolute Gasteiger partial charge is 0.408 e. The zero-order valence-electron chi connectivity index (χ0n) is 39.6. The molecule has 19 heteroatoms. The Kier molecular flexibility index (Phi) is 25.7. The number of unbranched alkanes of at least 4 members (excludes halogenated alkanes) is 3. The summed E-state index contributed by atoms with van der Waals surface area (Å²) < 4.78 is 14.4. The lowest BCUT2D eigenvalue weighted by atomic mass is 9.93. The maximum Gasteiger partial charge on any atom is 0.408 e. The molecule has 0 unspecified atom stereocenters. The topological polar surface area (TPSA) is 266 Å². The van der Waals surface area contributed by atoms with Gasteiger partial charge in [-0.15, -0.1) is 19.3 Å². The molecule has 0 bridgehead atoms. The SMILES string of the molecule is C#CCOC(=O)NCCCC[C@H](NC(=O)[C@H](CCCCNC(=O)OCC#C)NC(=O)[C@H](CCCCNC(=O)OCC#C)NC(=O)CCC(=O)N1Cc2ccccc2/C=C(/CC)c2ccccc21)C(N)=O. The Morgan fingerprint density at radius 1 is 0.629 bits per heavy atom. The largest absolute Gasteiger partial charge is 0.436 e. The molecule has 2 aromatic rings. The van der Waals surface area contributed by atoms with Gasteiger partial charge >= 0.3 is 18.3 Å². The Labute approximate surface area is 409 Å². The fourth-order valence-corrected chi connectivity index (χ4v) is 7.29. The van der Waals surface area contributed by atoms with Crippen LogP contribution in [0.5, 0.6) is 0 Å². The normalized spacial score (nSPS) is 13.3. The summed E-state index contributed by atoms with van der Waals surface area (Å²) in [5.74, 6) is 3.35. The molecule has 0 saturated heterocycles. The molecule has 70 heavy (non-hydrogen) atoms. The molecule has 0 aliphatic carbocycles. The average molecular weight is 965 g/mol. The Morgan fingerprint density at radius 2 is 1.10 bits per heavy atom. The van der Waals surface area contributed by atoms with E-state index in [4.69, 9.17) is 39.2 Å². The first-order valence-corrected chi connectivity index (χ1v) is 23.2. The predicted octanol–water partition coefficient (Wildman–Crippen LogP) is 3.79. The van der Waals surface area contributed by atoms with Gasteiger partial charge in [0.25, 0.3) is 0 Å². The average Bonchev–Trinajstić information content (AvgIpc) is 3.34. The lowest BCUT2D eigenvalue weighted by molar-refractivity contribution is -0.133. The van der Waals surface area contributed by atoms with Crippen LogP contribution in [0, 0.1) is 37.0 Å². The van der Waals surface area contributed by atoms with Gasteiger partial charge in [0.2, 0.25) is 29.5 Å². The van der Waals surface area contributed by atoms with Gasteiger partial charge in [-0.1, -0.05) is 73.2 Å². The summed E-state index contributed by atoms with van der Waals surface area (Å²) in [5, 5.41) is 15.7. The van der Waals surface area contributed by atoms with Crippen LogP contribution in [0.1, 0.15) is 101 Å². The molecule has 3 rings (SSSR count). The van der Waals surface area contributed by atoms with Crippen molar-refractivity contribution in [2.24, 2.45) is 5.73 Å². The highest BCUT2D eigenvalue weighted by Crippen LogP contribution is 2.35. The van der Waals surface area contributed by atoms with Crippen molar-refractivity contribution >= 4 is 65.2 Å². The molecule has 8 N–H and O–H groups in total. The zero-order valence-corrected chi connectivity index (χ0v) is 39.6. The van der Waals surface area contributed by atoms with Crippen molar-refractivity contribution in [3.8, 4) is 37.0 Å². The number of hydrogen-bond donors (Lipinski definition) is 7. The number of hydrogen-bond acceptors (Lipinski definition) is 11. The summed E-state index contributed by atoms with van der Waals surface area (Å²) in [7, 11) is 0. The highest BCUT2D eigenvalue weighted by molar-refractivity contribution is 6.01. The molecular weight excluding hydrogens is 901 g/mol. The Balaban J connectivity index is 1.79. The number of benzene rings is 2. The molecule has 1 aliphatic heterocycles. The second kappa shape index (κ2) is 31.9. The number of nitrogens with one attached hydrogen (secondary N) is 6. The first kappa shape index (κ1) is 56.3. The van der Waals surface area contributed by atoms with E-state index < -0.39 is 60.0 Å². The third-order valence-corrected chi connectivity index (χ3v) is 10.9. The first-order chi connectivity index (χ1) is 33.8. The number of primary amides is 1. The summed E-state index contributed by atoms with van der Waals surface area (Å²) in [5.41, 5.74) is 10.2. The van der Waals surface area contributed by atoms with Crippen molar-refractivity contribution < 1.29 is 52.6 Å². The molecule has 0 radical (unpaired) electrons. The second-order valence-electron chi connectivity index (χ2n) is 16.0. The molecule has 19 nitrogen and oxygen atoms in total. The van der Waals surface area contributed by atoms with Crippen molar-refractivity contribution in [3.63, 3.8) is 0 Å². The minimum atomic E-state index is -1.25. The van der Waals surface area contributed by atoms with Crippen LogP contribution in [0.3, 0.4) is 0 Å². The van der Waals surface area contributed by atoms with Gasteiger partial charge in [0.1, 0.15) is 18.1 Å². The van der Waals surface area contributed by atoms with E-state index in [1.807, 2.05) is 55.5 Å². The van der Waals surface area contributed by atoms with Crippen LogP contribution in [0.15, 0.2) is 48.5 Å². The van der Waals surface area contributed by atoms with E-state index >= 15 is 0 Å². The van der Waals surface area contributed by atoms with E-state index in [9.17, 15) is 38.4 Å². The third kappa shape index (κ3) is 20.5. The molecule has 0 saturated carbocycles. The van der Waals surface area contributed by atoms with E-state index in [1.54, 1.807) is 4.90 Å². The number of anilines is 1. The van der Waals surface area contributed by atoms with Crippen molar-refractivity contribution in [1.82, 2.24) is 31.9 Å². The second-order valence-corrected chi connectivity index (χ2v) is 16.0. The first-order valence-electron chi connectivity index (χ1n) is 23.2. The summed E-state index contributed by atoms with van der Waals surface area (Å²) in [6, 6.07) is 11.8.